The van der Waals surface area contributed by atoms with E-state index >= 15 is 0 Å². The Kier molecular flexibility index (Phi) is 4.92. The number of carbonyl (C=O) groups excluding carboxylic acids is 2. The first-order valence-electron chi connectivity index (χ1n) is 9.64. The maximum absolute atomic E-state index is 12.6. The van der Waals surface area contributed by atoms with E-state index in [-0.39, 0.29) is 30.2 Å². The first-order chi connectivity index (χ1) is 13.1. The lowest BCUT2D eigenvalue weighted by Crippen LogP contribution is -2.45. The quantitative estimate of drug-likeness (QED) is 0.874. The Morgan fingerprint density at radius 3 is 2.85 bits per heavy atom. The summed E-state index contributed by atoms with van der Waals surface area (Å²) in [7, 11) is 0. The molecule has 0 aromatic carbocycles. The molecule has 1 fully saturated rings. The molecular formula is C20H25N5O2. The van der Waals surface area contributed by atoms with Gasteiger partial charge in [0.25, 0.3) is 0 Å². The largest absolute Gasteiger partial charge is 0.352 e. The molecule has 142 valence electrons. The van der Waals surface area contributed by atoms with Crippen molar-refractivity contribution in [3.8, 4) is 0 Å². The van der Waals surface area contributed by atoms with Crippen LogP contribution in [0.15, 0.2) is 30.7 Å². The van der Waals surface area contributed by atoms with Gasteiger partial charge < -0.3 is 14.8 Å². The van der Waals surface area contributed by atoms with Crippen molar-refractivity contribution in [3.63, 3.8) is 0 Å². The standard InChI is InChI=1S/C20H25N5O2/c1-14-19-23-17(10-18(26)22-12-15-4-3-7-21-11-15)13-24(19)8-9-25(14)20(27)16-5-2-6-16/h3-4,7,11,13-14,16H,2,5-6,8-10,12H2,1H3,(H,22,26)/t14-/m0/s1. The summed E-state index contributed by atoms with van der Waals surface area (Å²) in [6.07, 6.45) is 8.82. The molecule has 1 atom stereocenters. The van der Waals surface area contributed by atoms with E-state index in [2.05, 4.69) is 19.9 Å². The van der Waals surface area contributed by atoms with Crippen LogP contribution in [-0.2, 0) is 29.1 Å². The van der Waals surface area contributed by atoms with Gasteiger partial charge in [0.15, 0.2) is 0 Å². The van der Waals surface area contributed by atoms with Gasteiger partial charge in [-0.25, -0.2) is 4.98 Å². The van der Waals surface area contributed by atoms with Gasteiger partial charge in [-0.1, -0.05) is 12.5 Å². The third-order valence-electron chi connectivity index (χ3n) is 5.57. The first kappa shape index (κ1) is 17.7. The molecule has 7 heteroatoms. The minimum atomic E-state index is -0.0654. The summed E-state index contributed by atoms with van der Waals surface area (Å²) in [5.41, 5.74) is 1.72. The molecule has 1 N–H and O–H groups in total. The average Bonchev–Trinajstić information content (AvgIpc) is 3.03. The van der Waals surface area contributed by atoms with E-state index in [0.29, 0.717) is 13.1 Å². The van der Waals surface area contributed by atoms with Gasteiger partial charge in [-0.15, -0.1) is 0 Å². The number of aromatic nitrogens is 3. The van der Waals surface area contributed by atoms with Crippen LogP contribution in [0.25, 0.3) is 0 Å². The van der Waals surface area contributed by atoms with Gasteiger partial charge in [-0.05, 0) is 31.4 Å². The third kappa shape index (κ3) is 3.72. The number of imidazole rings is 1. The van der Waals surface area contributed by atoms with Crippen molar-refractivity contribution in [2.45, 2.75) is 51.7 Å². The van der Waals surface area contributed by atoms with Gasteiger partial charge in [0.05, 0.1) is 18.2 Å². The van der Waals surface area contributed by atoms with E-state index in [9.17, 15) is 9.59 Å². The summed E-state index contributed by atoms with van der Waals surface area (Å²) < 4.78 is 2.08. The van der Waals surface area contributed by atoms with Crippen LogP contribution >= 0.6 is 0 Å². The number of nitrogens with zero attached hydrogens (tertiary/aromatic N) is 4. The molecule has 7 nitrogen and oxygen atoms in total. The van der Waals surface area contributed by atoms with Crippen LogP contribution in [0.4, 0.5) is 0 Å². The predicted octanol–water partition coefficient (Wildman–Crippen LogP) is 1.84. The van der Waals surface area contributed by atoms with Crippen LogP contribution in [0.3, 0.4) is 0 Å². The number of nitrogens with one attached hydrogen (secondary N) is 1. The topological polar surface area (TPSA) is 80.1 Å². The van der Waals surface area contributed by atoms with E-state index in [1.807, 2.05) is 30.2 Å². The highest BCUT2D eigenvalue weighted by atomic mass is 16.2. The SMILES string of the molecule is C[C@H]1c2nc(CC(=O)NCc3cccnc3)cn2CCN1C(=O)C1CCC1. The molecule has 0 unspecified atom stereocenters. The lowest BCUT2D eigenvalue weighted by molar-refractivity contribution is -0.141. The smallest absolute Gasteiger partial charge is 0.226 e. The molecule has 2 aromatic rings. The molecule has 4 rings (SSSR count). The first-order valence-corrected chi connectivity index (χ1v) is 9.64. The van der Waals surface area contributed by atoms with Gasteiger partial charge in [0.2, 0.25) is 11.8 Å². The molecule has 2 aliphatic rings. The van der Waals surface area contributed by atoms with Crippen LogP contribution in [0.5, 0.6) is 0 Å². The normalized spacial score (nSPS) is 19.3. The molecule has 0 spiro atoms. The molecule has 1 saturated carbocycles. The Bertz CT molecular complexity index is 828. The number of hydrogen-bond donors (Lipinski definition) is 1. The van der Waals surface area contributed by atoms with E-state index in [1.54, 1.807) is 12.4 Å². The number of rotatable bonds is 5. The van der Waals surface area contributed by atoms with Gasteiger partial charge in [0.1, 0.15) is 5.82 Å². The zero-order valence-electron chi connectivity index (χ0n) is 15.6. The van der Waals surface area contributed by atoms with Gasteiger partial charge >= 0.3 is 0 Å². The predicted molar refractivity (Wildman–Crippen MR) is 99.5 cm³/mol. The molecular weight excluding hydrogens is 342 g/mol. The van der Waals surface area contributed by atoms with Crippen molar-refractivity contribution in [1.82, 2.24) is 24.8 Å². The lowest BCUT2D eigenvalue weighted by Gasteiger charge is -2.38. The molecule has 1 aliphatic heterocycles. The van der Waals surface area contributed by atoms with Crippen molar-refractivity contribution < 1.29 is 9.59 Å². The Morgan fingerprint density at radius 1 is 1.30 bits per heavy atom. The fourth-order valence-corrected chi connectivity index (χ4v) is 3.75. The van der Waals surface area contributed by atoms with Crippen molar-refractivity contribution >= 4 is 11.8 Å². The van der Waals surface area contributed by atoms with Crippen LogP contribution in [0, 0.1) is 5.92 Å². The maximum atomic E-state index is 12.6. The summed E-state index contributed by atoms with van der Waals surface area (Å²) >= 11 is 0. The zero-order chi connectivity index (χ0) is 18.8. The van der Waals surface area contributed by atoms with Crippen LogP contribution in [-0.4, -0.2) is 37.8 Å². The maximum Gasteiger partial charge on any atom is 0.226 e. The molecule has 3 heterocycles. The summed E-state index contributed by atoms with van der Waals surface area (Å²) in [6, 6.07) is 3.74. The van der Waals surface area contributed by atoms with Crippen molar-refractivity contribution in [2.75, 3.05) is 6.54 Å². The minimum Gasteiger partial charge on any atom is -0.352 e. The molecule has 0 saturated heterocycles. The average molecular weight is 367 g/mol. The van der Waals surface area contributed by atoms with Gasteiger partial charge in [-0.3, -0.25) is 14.6 Å². The molecule has 0 radical (unpaired) electrons. The Morgan fingerprint density at radius 2 is 2.15 bits per heavy atom. The van der Waals surface area contributed by atoms with Crippen molar-refractivity contribution in [2.24, 2.45) is 5.92 Å². The summed E-state index contributed by atoms with van der Waals surface area (Å²) in [5.74, 6) is 1.28. The highest BCUT2D eigenvalue weighted by Gasteiger charge is 2.35. The molecule has 1 aliphatic carbocycles. The van der Waals surface area contributed by atoms with Crippen LogP contribution in [0.2, 0.25) is 0 Å². The fourth-order valence-electron chi connectivity index (χ4n) is 3.75. The summed E-state index contributed by atoms with van der Waals surface area (Å²) in [5, 5.41) is 2.90. The second-order valence-corrected chi connectivity index (χ2v) is 7.43. The highest BCUT2D eigenvalue weighted by Crippen LogP contribution is 2.33. The Hall–Kier alpha value is -2.70. The third-order valence-corrected chi connectivity index (χ3v) is 5.57. The number of carbonyl (C=O) groups is 2. The summed E-state index contributed by atoms with van der Waals surface area (Å²) in [4.78, 5) is 35.5. The highest BCUT2D eigenvalue weighted by molar-refractivity contribution is 5.80. The monoisotopic (exact) mass is 367 g/mol. The van der Waals surface area contributed by atoms with Crippen molar-refractivity contribution in [3.05, 3.63) is 47.8 Å². The fraction of sp³-hybridized carbons (Fsp3) is 0.500. The number of hydrogen-bond acceptors (Lipinski definition) is 4. The minimum absolute atomic E-state index is 0.0425. The Balaban J connectivity index is 1.37. The molecule has 27 heavy (non-hydrogen) atoms. The number of pyridine rings is 1. The van der Waals surface area contributed by atoms with Gasteiger partial charge in [-0.2, -0.15) is 0 Å². The van der Waals surface area contributed by atoms with E-state index in [1.165, 1.54) is 0 Å². The Labute approximate surface area is 158 Å². The van der Waals surface area contributed by atoms with E-state index in [4.69, 9.17) is 0 Å². The molecule has 2 aromatic heterocycles. The van der Waals surface area contributed by atoms with Gasteiger partial charge in [0, 0.05) is 44.1 Å². The van der Waals surface area contributed by atoms with E-state index in [0.717, 1.165) is 42.9 Å². The zero-order valence-corrected chi connectivity index (χ0v) is 15.6. The second kappa shape index (κ2) is 7.50. The number of amides is 2. The second-order valence-electron chi connectivity index (χ2n) is 7.43. The molecule has 0 bridgehead atoms. The van der Waals surface area contributed by atoms with E-state index < -0.39 is 0 Å². The lowest BCUT2D eigenvalue weighted by atomic mass is 9.84. The van der Waals surface area contributed by atoms with Crippen LogP contribution in [0.1, 0.15) is 49.3 Å². The summed E-state index contributed by atoms with van der Waals surface area (Å²) in [6.45, 7) is 3.94. The van der Waals surface area contributed by atoms with Crippen molar-refractivity contribution in [1.29, 1.82) is 0 Å². The van der Waals surface area contributed by atoms with Crippen LogP contribution < -0.4 is 5.32 Å². The molecule has 2 amide bonds. The number of fused-ring (bicyclic) bond motifs is 1.